The van der Waals surface area contributed by atoms with E-state index in [1.807, 2.05) is 0 Å². The zero-order valence-corrected chi connectivity index (χ0v) is 17.9. The van der Waals surface area contributed by atoms with Crippen LogP contribution in [0, 0.1) is 0 Å². The van der Waals surface area contributed by atoms with E-state index in [1.54, 1.807) is 41.2 Å². The number of carbonyl (C=O) groups excluding carboxylic acids is 2. The minimum atomic E-state index is -0.479. The van der Waals surface area contributed by atoms with Gasteiger partial charge in [-0.1, -0.05) is 23.2 Å². The molecule has 0 saturated heterocycles. The van der Waals surface area contributed by atoms with Gasteiger partial charge >= 0.3 is 0 Å². The first-order valence-electron chi connectivity index (χ1n) is 8.17. The summed E-state index contributed by atoms with van der Waals surface area (Å²) < 4.78 is 2.25. The van der Waals surface area contributed by atoms with Gasteiger partial charge in [0.1, 0.15) is 5.69 Å². The molecule has 11 heteroatoms. The number of carbonyl (C=O) groups is 2. The Bertz CT molecular complexity index is 1090. The molecule has 0 fully saturated rings. The number of halogens is 3. The Kier molecular flexibility index (Phi) is 6.56. The monoisotopic (exact) mass is 496 g/mol. The van der Waals surface area contributed by atoms with Crippen LogP contribution < -0.4 is 21.9 Å². The Morgan fingerprint density at radius 1 is 1.34 bits per heavy atom. The number of nitrogens with zero attached hydrogens (tertiary/aromatic N) is 3. The van der Waals surface area contributed by atoms with Crippen LogP contribution in [0.5, 0.6) is 0 Å². The van der Waals surface area contributed by atoms with Crippen molar-refractivity contribution < 1.29 is 9.59 Å². The number of nitrogens with one attached hydrogen (secondary N) is 1. The van der Waals surface area contributed by atoms with Crippen LogP contribution in [0.1, 0.15) is 16.1 Å². The number of hydrazine groups is 1. The van der Waals surface area contributed by atoms with Gasteiger partial charge in [-0.05, 0) is 51.8 Å². The zero-order valence-electron chi connectivity index (χ0n) is 14.8. The second-order valence-corrected chi connectivity index (χ2v) is 7.57. The fraction of sp³-hybridized carbons (Fsp3) is 0.0556. The maximum Gasteiger partial charge on any atom is 0.272 e. The molecular formula is C18H15BrCl2N6O2. The second-order valence-electron chi connectivity index (χ2n) is 5.86. The van der Waals surface area contributed by atoms with E-state index in [0.29, 0.717) is 27.2 Å². The van der Waals surface area contributed by atoms with Gasteiger partial charge < -0.3 is 15.6 Å². The SMILES string of the molecule is NCc1cc(Cl)cc(N(N)C=O)c1NC(=O)c1cc(Br)cn1-c1cccnc1Cl. The first-order chi connectivity index (χ1) is 13.8. The summed E-state index contributed by atoms with van der Waals surface area (Å²) in [6, 6.07) is 8.10. The summed E-state index contributed by atoms with van der Waals surface area (Å²) in [5.41, 5.74) is 7.58. The van der Waals surface area contributed by atoms with Crippen LogP contribution in [0.4, 0.5) is 11.4 Å². The number of amides is 2. The maximum atomic E-state index is 13.1. The lowest BCUT2D eigenvalue weighted by Crippen LogP contribution is -2.31. The van der Waals surface area contributed by atoms with E-state index in [1.165, 1.54) is 6.07 Å². The molecule has 0 radical (unpaired) electrons. The fourth-order valence-corrected chi connectivity index (χ4v) is 3.62. The molecule has 8 nitrogen and oxygen atoms in total. The largest absolute Gasteiger partial charge is 0.326 e. The lowest BCUT2D eigenvalue weighted by atomic mass is 10.1. The normalized spacial score (nSPS) is 10.7. The molecule has 3 aromatic rings. The molecular weight excluding hydrogens is 483 g/mol. The van der Waals surface area contributed by atoms with Gasteiger partial charge in [-0.2, -0.15) is 0 Å². The molecule has 2 amide bonds. The van der Waals surface area contributed by atoms with Crippen LogP contribution in [-0.4, -0.2) is 21.9 Å². The topological polar surface area (TPSA) is 119 Å². The molecule has 0 aliphatic carbocycles. The van der Waals surface area contributed by atoms with E-state index in [-0.39, 0.29) is 28.8 Å². The lowest BCUT2D eigenvalue weighted by molar-refractivity contribution is -0.107. The van der Waals surface area contributed by atoms with Gasteiger partial charge in [0.05, 0.1) is 17.1 Å². The molecule has 3 rings (SSSR count). The van der Waals surface area contributed by atoms with Crippen LogP contribution in [0.25, 0.3) is 5.69 Å². The van der Waals surface area contributed by atoms with E-state index in [9.17, 15) is 9.59 Å². The standard InChI is InChI=1S/C18H15BrCl2N6O2/c19-11-5-15(26(8-11)13-2-1-3-24-17(13)21)18(29)25-16-10(7-22)4-12(20)6-14(16)27(23)9-28/h1-6,8-9H,7,22-23H2,(H,25,29). The molecule has 0 aliphatic heterocycles. The molecule has 2 heterocycles. The van der Waals surface area contributed by atoms with Crippen molar-refractivity contribution in [3.05, 3.63) is 68.6 Å². The quantitative estimate of drug-likeness (QED) is 0.158. The number of rotatable bonds is 6. The average Bonchev–Trinajstić information content (AvgIpc) is 3.10. The van der Waals surface area contributed by atoms with Gasteiger partial charge in [0.25, 0.3) is 5.91 Å². The molecule has 150 valence electrons. The number of hydrogen-bond acceptors (Lipinski definition) is 5. The minimum Gasteiger partial charge on any atom is -0.326 e. The Labute approximate surface area is 184 Å². The first-order valence-corrected chi connectivity index (χ1v) is 9.72. The van der Waals surface area contributed by atoms with Gasteiger partial charge in [-0.15, -0.1) is 0 Å². The maximum absolute atomic E-state index is 13.1. The molecule has 29 heavy (non-hydrogen) atoms. The van der Waals surface area contributed by atoms with Gasteiger partial charge in [-0.3, -0.25) is 9.59 Å². The lowest BCUT2D eigenvalue weighted by Gasteiger charge is -2.20. The molecule has 0 unspecified atom stereocenters. The van der Waals surface area contributed by atoms with E-state index >= 15 is 0 Å². The van der Waals surface area contributed by atoms with Crippen molar-refractivity contribution in [3.63, 3.8) is 0 Å². The number of hydrogen-bond donors (Lipinski definition) is 3. The van der Waals surface area contributed by atoms with Gasteiger partial charge in [-0.25, -0.2) is 15.8 Å². The third-order valence-electron chi connectivity index (χ3n) is 4.03. The van der Waals surface area contributed by atoms with E-state index < -0.39 is 5.91 Å². The summed E-state index contributed by atoms with van der Waals surface area (Å²) >= 11 is 15.6. The number of benzene rings is 1. The Morgan fingerprint density at radius 3 is 2.76 bits per heavy atom. The molecule has 0 atom stereocenters. The molecule has 1 aromatic carbocycles. The van der Waals surface area contributed by atoms with E-state index in [0.717, 1.165) is 5.01 Å². The molecule has 2 aromatic heterocycles. The van der Waals surface area contributed by atoms with Crippen LogP contribution in [0.2, 0.25) is 10.2 Å². The van der Waals surface area contributed by atoms with Crippen molar-refractivity contribution in [3.8, 4) is 5.69 Å². The first kappa shape index (κ1) is 21.3. The number of nitrogens with two attached hydrogens (primary N) is 2. The zero-order chi connectivity index (χ0) is 21.1. The predicted molar refractivity (Wildman–Crippen MR) is 116 cm³/mol. The smallest absolute Gasteiger partial charge is 0.272 e. The van der Waals surface area contributed by atoms with E-state index in [4.69, 9.17) is 34.8 Å². The molecule has 0 spiro atoms. The Morgan fingerprint density at radius 2 is 2.10 bits per heavy atom. The minimum absolute atomic E-state index is 0.0645. The average molecular weight is 498 g/mol. The van der Waals surface area contributed by atoms with Crippen LogP contribution in [0.15, 0.2) is 47.2 Å². The van der Waals surface area contributed by atoms with Crippen molar-refractivity contribution in [2.75, 3.05) is 10.3 Å². The highest BCUT2D eigenvalue weighted by atomic mass is 79.9. The van der Waals surface area contributed by atoms with Gasteiger partial charge in [0.2, 0.25) is 6.41 Å². The summed E-state index contributed by atoms with van der Waals surface area (Å²) in [6.07, 6.45) is 3.63. The second kappa shape index (κ2) is 8.93. The van der Waals surface area contributed by atoms with Crippen molar-refractivity contribution in [1.29, 1.82) is 0 Å². The highest BCUT2D eigenvalue weighted by Crippen LogP contribution is 2.33. The summed E-state index contributed by atoms with van der Waals surface area (Å²) in [6.45, 7) is 0.0645. The van der Waals surface area contributed by atoms with Crippen molar-refractivity contribution >= 4 is 62.8 Å². The molecule has 5 N–H and O–H groups in total. The Balaban J connectivity index is 2.07. The van der Waals surface area contributed by atoms with Crippen LogP contribution >= 0.6 is 39.1 Å². The fourth-order valence-electron chi connectivity index (χ4n) is 2.75. The summed E-state index contributed by atoms with van der Waals surface area (Å²) in [4.78, 5) is 28.3. The predicted octanol–water partition coefficient (Wildman–Crippen LogP) is 3.49. The summed E-state index contributed by atoms with van der Waals surface area (Å²) in [7, 11) is 0. The van der Waals surface area contributed by atoms with Gasteiger partial charge in [0, 0.05) is 28.4 Å². The van der Waals surface area contributed by atoms with E-state index in [2.05, 4.69) is 26.2 Å². The number of aromatic nitrogens is 2. The highest BCUT2D eigenvalue weighted by molar-refractivity contribution is 9.10. The van der Waals surface area contributed by atoms with Crippen molar-refractivity contribution in [1.82, 2.24) is 9.55 Å². The van der Waals surface area contributed by atoms with Crippen LogP contribution in [-0.2, 0) is 11.3 Å². The third-order valence-corrected chi connectivity index (χ3v) is 4.98. The van der Waals surface area contributed by atoms with Crippen LogP contribution in [0.3, 0.4) is 0 Å². The molecule has 0 aliphatic rings. The number of anilines is 2. The number of pyridine rings is 1. The van der Waals surface area contributed by atoms with Crippen molar-refractivity contribution in [2.45, 2.75) is 6.54 Å². The summed E-state index contributed by atoms with van der Waals surface area (Å²) in [5, 5.41) is 4.13. The van der Waals surface area contributed by atoms with Gasteiger partial charge in [0.15, 0.2) is 5.15 Å². The Hall–Kier alpha value is -2.43. The third kappa shape index (κ3) is 4.44. The van der Waals surface area contributed by atoms with Crippen molar-refractivity contribution in [2.24, 2.45) is 11.6 Å². The highest BCUT2D eigenvalue weighted by Gasteiger charge is 2.21. The summed E-state index contributed by atoms with van der Waals surface area (Å²) in [5.74, 6) is 5.24. The molecule has 0 bridgehead atoms. The molecule has 0 saturated carbocycles.